The average molecular weight is 520 g/mol. The summed E-state index contributed by atoms with van der Waals surface area (Å²) in [7, 11) is 0. The number of carboxylic acids is 2. The Labute approximate surface area is 215 Å². The van der Waals surface area contributed by atoms with Gasteiger partial charge in [-0.25, -0.2) is 9.59 Å². The van der Waals surface area contributed by atoms with Gasteiger partial charge in [0.25, 0.3) is 0 Å². The van der Waals surface area contributed by atoms with Crippen molar-refractivity contribution in [3.8, 4) is 11.3 Å². The number of halogens is 1. The summed E-state index contributed by atoms with van der Waals surface area (Å²) in [5.74, 6) is -1.62. The van der Waals surface area contributed by atoms with Crippen LogP contribution in [0.15, 0.2) is 83.4 Å². The van der Waals surface area contributed by atoms with Crippen molar-refractivity contribution >= 4 is 46.6 Å². The zero-order valence-electron chi connectivity index (χ0n) is 18.5. The number of hydrogen-bond acceptors (Lipinski definition) is 5. The molecule has 0 unspecified atom stereocenters. The molecule has 0 spiro atoms. The molecular weight excluding hydrogens is 502 g/mol. The topological polar surface area (TPSA) is 116 Å². The monoisotopic (exact) mass is 519 g/mol. The van der Waals surface area contributed by atoms with Crippen LogP contribution in [0.2, 0.25) is 5.02 Å². The summed E-state index contributed by atoms with van der Waals surface area (Å²) in [4.78, 5) is 29.5. The maximum atomic E-state index is 11.6. The fraction of sp³-hybridized carbons (Fsp3) is 0.0769. The van der Waals surface area contributed by atoms with Gasteiger partial charge in [0.2, 0.25) is 0 Å². The molecular formula is C26H18ClN3O5S. The van der Waals surface area contributed by atoms with Gasteiger partial charge in [0.15, 0.2) is 5.11 Å². The second kappa shape index (κ2) is 9.44. The van der Waals surface area contributed by atoms with Gasteiger partial charge in [-0.05, 0) is 78.9 Å². The van der Waals surface area contributed by atoms with E-state index in [0.717, 1.165) is 17.4 Å². The van der Waals surface area contributed by atoms with E-state index in [1.807, 2.05) is 35.2 Å². The number of rotatable bonds is 6. The van der Waals surface area contributed by atoms with Gasteiger partial charge >= 0.3 is 11.9 Å². The molecule has 180 valence electrons. The van der Waals surface area contributed by atoms with Crippen LogP contribution in [0.4, 0.5) is 5.69 Å². The zero-order chi connectivity index (χ0) is 25.4. The Morgan fingerprint density at radius 3 is 2.28 bits per heavy atom. The molecule has 1 saturated heterocycles. The predicted molar refractivity (Wildman–Crippen MR) is 137 cm³/mol. The largest absolute Gasteiger partial charge is 0.478 e. The summed E-state index contributed by atoms with van der Waals surface area (Å²) in [6, 6.07) is 19.3. The lowest BCUT2D eigenvalue weighted by atomic mass is 10.0. The Balaban J connectivity index is 1.61. The minimum atomic E-state index is -1.24. The summed E-state index contributed by atoms with van der Waals surface area (Å²) in [6.07, 6.45) is 1.69. The number of hydrogen-bond donors (Lipinski definition) is 3. The van der Waals surface area contributed by atoms with Crippen LogP contribution in [0.5, 0.6) is 0 Å². The number of thiocarbonyl (C=S) groups is 1. The van der Waals surface area contributed by atoms with Crippen molar-refractivity contribution in [2.45, 2.75) is 12.1 Å². The normalized spacial score (nSPS) is 17.1. The van der Waals surface area contributed by atoms with E-state index in [4.69, 9.17) is 28.2 Å². The van der Waals surface area contributed by atoms with Crippen molar-refractivity contribution < 1.29 is 24.2 Å². The van der Waals surface area contributed by atoms with Crippen LogP contribution in [0.3, 0.4) is 0 Å². The molecule has 1 aliphatic rings. The Morgan fingerprint density at radius 1 is 0.972 bits per heavy atom. The Hall–Kier alpha value is -4.21. The summed E-state index contributed by atoms with van der Waals surface area (Å²) in [6.45, 7) is 0. The molecule has 3 N–H and O–H groups in total. The molecule has 0 saturated carbocycles. The van der Waals surface area contributed by atoms with Gasteiger partial charge in [0.1, 0.15) is 17.6 Å². The molecule has 10 heteroatoms. The molecule has 0 radical (unpaired) electrons. The fourth-order valence-electron chi connectivity index (χ4n) is 4.21. The highest BCUT2D eigenvalue weighted by molar-refractivity contribution is 7.80. The van der Waals surface area contributed by atoms with Gasteiger partial charge in [-0.15, -0.1) is 0 Å². The summed E-state index contributed by atoms with van der Waals surface area (Å²) >= 11 is 11.8. The number of nitrogens with one attached hydrogen (secondary N) is 1. The van der Waals surface area contributed by atoms with Crippen molar-refractivity contribution in [2.24, 2.45) is 0 Å². The first-order valence-corrected chi connectivity index (χ1v) is 11.6. The molecule has 0 amide bonds. The first-order chi connectivity index (χ1) is 17.3. The third-order valence-corrected chi connectivity index (χ3v) is 6.40. The van der Waals surface area contributed by atoms with Crippen LogP contribution in [0.1, 0.15) is 44.3 Å². The minimum Gasteiger partial charge on any atom is -0.478 e. The molecule has 0 aliphatic carbocycles. The zero-order valence-corrected chi connectivity index (χ0v) is 20.0. The number of carbonyl (C=O) groups is 2. The van der Waals surface area contributed by atoms with E-state index in [9.17, 15) is 19.8 Å². The summed E-state index contributed by atoms with van der Waals surface area (Å²) in [5, 5.41) is 23.3. The van der Waals surface area contributed by atoms with Gasteiger partial charge in [0, 0.05) is 22.5 Å². The number of pyridine rings is 1. The van der Waals surface area contributed by atoms with Gasteiger partial charge in [-0.1, -0.05) is 17.7 Å². The predicted octanol–water partition coefficient (Wildman–Crippen LogP) is 5.57. The van der Waals surface area contributed by atoms with E-state index in [-0.39, 0.29) is 17.2 Å². The average Bonchev–Trinajstić information content (AvgIpc) is 3.49. The fourth-order valence-corrected chi connectivity index (χ4v) is 4.68. The van der Waals surface area contributed by atoms with E-state index in [1.165, 1.54) is 12.1 Å². The molecule has 8 nitrogen and oxygen atoms in total. The SMILES string of the molecule is O=C(O)c1cc(C(=O)O)cc(-c2ccc([C@@H]3[C@@H](c4ccccn4)NC(=S)N3c3ccc(Cl)cc3)o2)c1. The number of furan rings is 1. The van der Waals surface area contributed by atoms with Crippen LogP contribution < -0.4 is 10.2 Å². The molecule has 2 atom stereocenters. The van der Waals surface area contributed by atoms with E-state index in [1.54, 1.807) is 30.5 Å². The molecule has 1 aliphatic heterocycles. The summed E-state index contributed by atoms with van der Waals surface area (Å²) in [5.41, 5.74) is 1.57. The van der Waals surface area contributed by atoms with Crippen molar-refractivity contribution in [2.75, 3.05) is 4.90 Å². The molecule has 0 bridgehead atoms. The highest BCUT2D eigenvalue weighted by atomic mass is 35.5. The number of nitrogens with zero attached hydrogens (tertiary/aromatic N) is 2. The molecule has 1 fully saturated rings. The van der Waals surface area contributed by atoms with Crippen molar-refractivity contribution in [3.63, 3.8) is 0 Å². The van der Waals surface area contributed by atoms with Gasteiger partial charge < -0.3 is 24.8 Å². The Kier molecular flexibility index (Phi) is 6.17. The van der Waals surface area contributed by atoms with Crippen LogP contribution in [0, 0.1) is 0 Å². The molecule has 36 heavy (non-hydrogen) atoms. The van der Waals surface area contributed by atoms with Gasteiger partial charge in [-0.3, -0.25) is 4.98 Å². The van der Waals surface area contributed by atoms with Crippen molar-refractivity contribution in [1.29, 1.82) is 0 Å². The van der Waals surface area contributed by atoms with Crippen LogP contribution in [-0.4, -0.2) is 32.2 Å². The Bertz CT molecular complexity index is 1440. The highest BCUT2D eigenvalue weighted by Gasteiger charge is 2.42. The highest BCUT2D eigenvalue weighted by Crippen LogP contribution is 2.43. The third kappa shape index (κ3) is 4.41. The molecule has 3 heterocycles. The quantitative estimate of drug-likeness (QED) is 0.281. The maximum Gasteiger partial charge on any atom is 0.335 e. The van der Waals surface area contributed by atoms with Crippen molar-refractivity contribution in [3.05, 3.63) is 107 Å². The molecule has 5 rings (SSSR count). The van der Waals surface area contributed by atoms with Crippen LogP contribution in [-0.2, 0) is 0 Å². The molecule has 4 aromatic rings. The standard InChI is InChI=1S/C26H18ClN3O5S/c27-17-4-6-18(7-5-17)30-23(22(29-26(30)36)19-3-1-2-10-28-19)21-9-8-20(35-21)14-11-15(24(31)32)13-16(12-14)25(33)34/h1-13,22-23H,(H,29,36)(H,31,32)(H,33,34)/t22-,23-/m1/s1. The Morgan fingerprint density at radius 2 is 1.67 bits per heavy atom. The lowest BCUT2D eigenvalue weighted by Gasteiger charge is -2.26. The minimum absolute atomic E-state index is 0.152. The maximum absolute atomic E-state index is 11.6. The first-order valence-electron chi connectivity index (χ1n) is 10.8. The summed E-state index contributed by atoms with van der Waals surface area (Å²) < 4.78 is 6.22. The number of carboxylic acid groups (broad SMARTS) is 2. The lowest BCUT2D eigenvalue weighted by molar-refractivity contribution is 0.0696. The number of aromatic nitrogens is 1. The van der Waals surface area contributed by atoms with Crippen molar-refractivity contribution in [1.82, 2.24) is 10.3 Å². The second-order valence-corrected chi connectivity index (χ2v) is 8.91. The third-order valence-electron chi connectivity index (χ3n) is 5.83. The van der Waals surface area contributed by atoms with Crippen LogP contribution in [0.25, 0.3) is 11.3 Å². The molecule has 2 aromatic heterocycles. The lowest BCUT2D eigenvalue weighted by Crippen LogP contribution is -2.29. The number of aromatic carboxylic acids is 2. The smallest absolute Gasteiger partial charge is 0.335 e. The van der Waals surface area contributed by atoms with Crippen LogP contribution >= 0.6 is 23.8 Å². The number of benzene rings is 2. The number of anilines is 1. The van der Waals surface area contributed by atoms with E-state index in [0.29, 0.717) is 27.2 Å². The van der Waals surface area contributed by atoms with Gasteiger partial charge in [0.05, 0.1) is 22.9 Å². The van der Waals surface area contributed by atoms with E-state index >= 15 is 0 Å². The van der Waals surface area contributed by atoms with E-state index < -0.39 is 18.0 Å². The second-order valence-electron chi connectivity index (χ2n) is 8.08. The first kappa shape index (κ1) is 23.5. The molecule has 2 aromatic carbocycles. The van der Waals surface area contributed by atoms with Gasteiger partial charge in [-0.2, -0.15) is 0 Å². The van der Waals surface area contributed by atoms with E-state index in [2.05, 4.69) is 10.3 Å².